The summed E-state index contributed by atoms with van der Waals surface area (Å²) in [6, 6.07) is 9.27. The SMILES string of the molecule is CC(N)C(=O)O.c1ccc(-n2cnc3ncnc-3c2)cc1. The number of rotatable bonds is 2. The summed E-state index contributed by atoms with van der Waals surface area (Å²) in [5.74, 6) is -0.280. The number of hydrogen-bond donors (Lipinski definition) is 2. The van der Waals surface area contributed by atoms with Gasteiger partial charge < -0.3 is 15.4 Å². The highest BCUT2D eigenvalue weighted by atomic mass is 16.4. The number of benzene rings is 1. The predicted molar refractivity (Wildman–Crippen MR) is 77.1 cm³/mol. The van der Waals surface area contributed by atoms with Crippen LogP contribution in [0.15, 0.2) is 49.2 Å². The number of carbonyl (C=O) groups is 1. The zero-order valence-electron chi connectivity index (χ0n) is 11.4. The third-order valence-electron chi connectivity index (χ3n) is 2.62. The molecule has 7 nitrogen and oxygen atoms in total. The number of fused-ring (bicyclic) bond motifs is 1. The fourth-order valence-corrected chi connectivity index (χ4v) is 1.48. The molecule has 0 aliphatic carbocycles. The second kappa shape index (κ2) is 6.58. The molecule has 0 saturated heterocycles. The highest BCUT2D eigenvalue weighted by Crippen LogP contribution is 2.14. The zero-order valence-corrected chi connectivity index (χ0v) is 11.4. The Morgan fingerprint density at radius 3 is 2.52 bits per heavy atom. The number of hydrogen-bond acceptors (Lipinski definition) is 5. The van der Waals surface area contributed by atoms with Crippen LogP contribution in [0.25, 0.3) is 17.2 Å². The van der Waals surface area contributed by atoms with Crippen LogP contribution in [0.4, 0.5) is 0 Å². The first-order valence-corrected chi connectivity index (χ1v) is 6.26. The molecule has 2 heterocycles. The van der Waals surface area contributed by atoms with Gasteiger partial charge in [0.2, 0.25) is 0 Å². The molecule has 2 aliphatic heterocycles. The van der Waals surface area contributed by atoms with Crippen molar-refractivity contribution >= 4 is 5.97 Å². The summed E-state index contributed by atoms with van der Waals surface area (Å²) in [6.07, 6.45) is 5.18. The van der Waals surface area contributed by atoms with Gasteiger partial charge in [0.15, 0.2) is 5.82 Å². The van der Waals surface area contributed by atoms with Crippen LogP contribution in [-0.2, 0) is 4.79 Å². The van der Waals surface area contributed by atoms with Crippen molar-refractivity contribution in [2.75, 3.05) is 0 Å². The van der Waals surface area contributed by atoms with Gasteiger partial charge >= 0.3 is 5.97 Å². The molecular formula is C14H15N5O2. The lowest BCUT2D eigenvalue weighted by Crippen LogP contribution is -2.25. The van der Waals surface area contributed by atoms with Crippen LogP contribution in [0.5, 0.6) is 0 Å². The molecule has 3 rings (SSSR count). The third-order valence-corrected chi connectivity index (χ3v) is 2.62. The number of carboxylic acids is 1. The van der Waals surface area contributed by atoms with E-state index in [-0.39, 0.29) is 0 Å². The lowest BCUT2D eigenvalue weighted by Gasteiger charge is -2.06. The van der Waals surface area contributed by atoms with Crippen molar-refractivity contribution < 1.29 is 9.90 Å². The van der Waals surface area contributed by atoms with Gasteiger partial charge in [0.25, 0.3) is 0 Å². The van der Waals surface area contributed by atoms with E-state index in [9.17, 15) is 4.79 Å². The van der Waals surface area contributed by atoms with E-state index in [1.165, 1.54) is 13.3 Å². The molecule has 21 heavy (non-hydrogen) atoms. The molecule has 1 unspecified atom stereocenters. The standard InChI is InChI=1S/C11H8N4.C3H7NO2/c1-2-4-9(5-3-1)15-6-10-11(14-8-15)13-7-12-10;1-2(4)3(5)6/h1-8H;2H,4H2,1H3,(H,5,6). The minimum Gasteiger partial charge on any atom is -0.480 e. The quantitative estimate of drug-likeness (QED) is 0.732. The highest BCUT2D eigenvalue weighted by molar-refractivity contribution is 5.72. The van der Waals surface area contributed by atoms with Crippen LogP contribution in [0.2, 0.25) is 0 Å². The maximum Gasteiger partial charge on any atom is 0.320 e. The van der Waals surface area contributed by atoms with Crippen LogP contribution >= 0.6 is 0 Å². The Kier molecular flexibility index (Phi) is 4.57. The summed E-state index contributed by atoms with van der Waals surface area (Å²) in [4.78, 5) is 21.9. The molecule has 1 aromatic carbocycles. The molecule has 0 aromatic heterocycles. The van der Waals surface area contributed by atoms with Gasteiger partial charge in [0, 0.05) is 11.9 Å². The topological polar surface area (TPSA) is 107 Å². The Balaban J connectivity index is 0.000000232. The lowest BCUT2D eigenvalue weighted by atomic mass is 10.3. The summed E-state index contributed by atoms with van der Waals surface area (Å²) in [6.45, 7) is 1.42. The Morgan fingerprint density at radius 1 is 1.24 bits per heavy atom. The first-order chi connectivity index (χ1) is 10.1. The molecule has 0 radical (unpaired) electrons. The predicted octanol–water partition coefficient (Wildman–Crippen LogP) is 1.19. The molecule has 1 atom stereocenters. The van der Waals surface area contributed by atoms with Gasteiger partial charge in [0.05, 0.1) is 0 Å². The smallest absolute Gasteiger partial charge is 0.320 e. The molecule has 2 aliphatic rings. The number of nitrogens with two attached hydrogens (primary N) is 1. The molecule has 0 fully saturated rings. The van der Waals surface area contributed by atoms with E-state index in [4.69, 9.17) is 10.8 Å². The Labute approximate surface area is 121 Å². The van der Waals surface area contributed by atoms with Crippen molar-refractivity contribution in [1.82, 2.24) is 19.5 Å². The van der Waals surface area contributed by atoms with Gasteiger partial charge in [0.1, 0.15) is 24.4 Å². The number of aliphatic carboxylic acids is 1. The minimum absolute atomic E-state index is 0.683. The van der Waals surface area contributed by atoms with Crippen LogP contribution in [0.1, 0.15) is 6.92 Å². The van der Waals surface area contributed by atoms with Crippen LogP contribution in [0.3, 0.4) is 0 Å². The number of nitrogens with zero attached hydrogens (tertiary/aromatic N) is 4. The monoisotopic (exact) mass is 285 g/mol. The van der Waals surface area contributed by atoms with Gasteiger partial charge in [-0.2, -0.15) is 0 Å². The molecule has 108 valence electrons. The second-order valence-electron chi connectivity index (χ2n) is 4.33. The molecule has 0 bridgehead atoms. The number of para-hydroxylation sites is 1. The van der Waals surface area contributed by atoms with Gasteiger partial charge in [-0.1, -0.05) is 18.2 Å². The number of imidazole rings is 1. The molecule has 0 spiro atoms. The molecule has 0 saturated carbocycles. The van der Waals surface area contributed by atoms with Crippen LogP contribution in [-0.4, -0.2) is 36.6 Å². The maximum atomic E-state index is 9.57. The minimum atomic E-state index is -0.963. The molecule has 3 N–H and O–H groups in total. The van der Waals surface area contributed by atoms with E-state index in [1.54, 1.807) is 6.33 Å². The van der Waals surface area contributed by atoms with Crippen LogP contribution in [0, 0.1) is 0 Å². The number of carboxylic acid groups (broad SMARTS) is 1. The number of aromatic nitrogens is 4. The average Bonchev–Trinajstić information content (AvgIpc) is 2.96. The highest BCUT2D eigenvalue weighted by Gasteiger charge is 2.06. The lowest BCUT2D eigenvalue weighted by molar-refractivity contribution is -0.138. The normalized spacial score (nSPS) is 11.5. The largest absolute Gasteiger partial charge is 0.480 e. The zero-order chi connectivity index (χ0) is 15.2. The van der Waals surface area contributed by atoms with E-state index < -0.39 is 12.0 Å². The van der Waals surface area contributed by atoms with Crippen molar-refractivity contribution in [2.45, 2.75) is 13.0 Å². The fraction of sp³-hybridized carbons (Fsp3) is 0.143. The Bertz CT molecular complexity index is 681. The first-order valence-electron chi connectivity index (χ1n) is 6.26. The van der Waals surface area contributed by atoms with Gasteiger partial charge in [-0.3, -0.25) is 4.79 Å². The van der Waals surface area contributed by atoms with E-state index in [1.807, 2.05) is 41.1 Å². The van der Waals surface area contributed by atoms with E-state index >= 15 is 0 Å². The Hall–Kier alpha value is -2.80. The molecular weight excluding hydrogens is 270 g/mol. The molecule has 0 amide bonds. The summed E-state index contributed by atoms with van der Waals surface area (Å²) >= 11 is 0. The fourth-order valence-electron chi connectivity index (χ4n) is 1.48. The first kappa shape index (κ1) is 14.6. The van der Waals surface area contributed by atoms with Crippen molar-refractivity contribution in [3.05, 3.63) is 49.2 Å². The van der Waals surface area contributed by atoms with Gasteiger partial charge in [-0.05, 0) is 19.1 Å². The van der Waals surface area contributed by atoms with E-state index in [0.29, 0.717) is 5.82 Å². The summed E-state index contributed by atoms with van der Waals surface area (Å²) in [5.41, 5.74) is 6.71. The second-order valence-corrected chi connectivity index (χ2v) is 4.33. The average molecular weight is 285 g/mol. The molecule has 1 aromatic rings. The van der Waals surface area contributed by atoms with E-state index in [0.717, 1.165) is 11.4 Å². The summed E-state index contributed by atoms with van der Waals surface area (Å²) < 4.78 is 1.93. The van der Waals surface area contributed by atoms with Gasteiger partial charge in [-0.15, -0.1) is 0 Å². The third kappa shape index (κ3) is 3.83. The summed E-state index contributed by atoms with van der Waals surface area (Å²) in [7, 11) is 0. The maximum absolute atomic E-state index is 9.57. The van der Waals surface area contributed by atoms with Crippen molar-refractivity contribution in [3.8, 4) is 17.2 Å². The molecule has 7 heteroatoms. The van der Waals surface area contributed by atoms with Gasteiger partial charge in [-0.25, -0.2) is 15.0 Å². The van der Waals surface area contributed by atoms with E-state index in [2.05, 4.69) is 15.0 Å². The van der Waals surface area contributed by atoms with Crippen LogP contribution < -0.4 is 5.73 Å². The summed E-state index contributed by atoms with van der Waals surface area (Å²) in [5, 5.41) is 7.87. The Morgan fingerprint density at radius 2 is 1.90 bits per heavy atom. The van der Waals surface area contributed by atoms with Crippen molar-refractivity contribution in [3.63, 3.8) is 0 Å². The van der Waals surface area contributed by atoms with Crippen molar-refractivity contribution in [1.29, 1.82) is 0 Å². The van der Waals surface area contributed by atoms with Crippen molar-refractivity contribution in [2.24, 2.45) is 5.73 Å².